The van der Waals surface area contributed by atoms with E-state index >= 15 is 0 Å². The molecule has 154 valence electrons. The van der Waals surface area contributed by atoms with Crippen molar-refractivity contribution in [2.75, 3.05) is 11.9 Å². The van der Waals surface area contributed by atoms with Gasteiger partial charge in [-0.05, 0) is 22.3 Å². The van der Waals surface area contributed by atoms with Crippen LogP contribution in [0.3, 0.4) is 0 Å². The minimum Gasteiger partial charge on any atom is -0.477 e. The Balaban J connectivity index is 1.49. The molecule has 1 aliphatic carbocycles. The number of anilines is 1. The van der Waals surface area contributed by atoms with Crippen molar-refractivity contribution >= 4 is 28.5 Å². The number of aromatic nitrogens is 1. The third-order valence-electron chi connectivity index (χ3n) is 5.08. The van der Waals surface area contributed by atoms with Crippen molar-refractivity contribution < 1.29 is 19.4 Å². The number of nitrogens with one attached hydrogen (secondary N) is 1. The number of aromatic carboxylic acids is 1. The summed E-state index contributed by atoms with van der Waals surface area (Å²) in [7, 11) is 0. The van der Waals surface area contributed by atoms with Crippen LogP contribution < -0.4 is 5.32 Å². The molecule has 0 spiro atoms. The number of nitrogens with zero attached hydrogens (tertiary/aromatic N) is 1. The minimum atomic E-state index is -1.06. The fourth-order valence-corrected chi connectivity index (χ4v) is 4.75. The van der Waals surface area contributed by atoms with Gasteiger partial charge in [0.2, 0.25) is 0 Å². The van der Waals surface area contributed by atoms with E-state index in [1.165, 1.54) is 0 Å². The number of thiazole rings is 1. The average molecular weight is 423 g/mol. The molecule has 7 heteroatoms. The van der Waals surface area contributed by atoms with Gasteiger partial charge in [-0.2, -0.15) is 0 Å². The lowest BCUT2D eigenvalue weighted by atomic mass is 9.91. The number of carboxylic acids is 1. The van der Waals surface area contributed by atoms with Gasteiger partial charge in [0.15, 0.2) is 5.13 Å². The van der Waals surface area contributed by atoms with Crippen LogP contribution in [0.15, 0.2) is 48.5 Å². The summed E-state index contributed by atoms with van der Waals surface area (Å²) in [5, 5.41) is 12.2. The molecular formula is C23H22N2O4S. The van der Waals surface area contributed by atoms with Crippen molar-refractivity contribution in [3.63, 3.8) is 0 Å². The van der Waals surface area contributed by atoms with Gasteiger partial charge >= 0.3 is 12.1 Å². The summed E-state index contributed by atoms with van der Waals surface area (Å²) < 4.78 is 5.51. The Hall–Kier alpha value is -3.19. The van der Waals surface area contributed by atoms with Gasteiger partial charge in [0.05, 0.1) is 5.69 Å². The first-order chi connectivity index (χ1) is 14.3. The second-order valence-electron chi connectivity index (χ2n) is 8.20. The summed E-state index contributed by atoms with van der Waals surface area (Å²) in [6, 6.07) is 16.2. The highest BCUT2D eigenvalue weighted by atomic mass is 32.1. The summed E-state index contributed by atoms with van der Waals surface area (Å²) >= 11 is 0.935. The van der Waals surface area contributed by atoms with Gasteiger partial charge in [-0.3, -0.25) is 5.32 Å². The van der Waals surface area contributed by atoms with Gasteiger partial charge < -0.3 is 9.84 Å². The standard InChI is InChI=1S/C23H22N2O4S/c1-23(2,3)19-18(20(26)27)30-21(24-19)25-22(28)29-12-17-15-10-6-4-8-13(15)14-9-5-7-11-16(14)17/h4-11,17H,12H2,1-3H3,(H,26,27)(H,24,25,28). The van der Waals surface area contributed by atoms with E-state index in [1.54, 1.807) is 0 Å². The number of benzene rings is 2. The molecule has 1 heterocycles. The fourth-order valence-electron chi connectivity index (χ4n) is 3.75. The second kappa shape index (κ2) is 7.57. The molecule has 0 saturated carbocycles. The van der Waals surface area contributed by atoms with Crippen LogP contribution in [0.4, 0.5) is 9.93 Å². The number of fused-ring (bicyclic) bond motifs is 3. The smallest absolute Gasteiger partial charge is 0.413 e. The van der Waals surface area contributed by atoms with Crippen molar-refractivity contribution in [3.8, 4) is 11.1 Å². The first-order valence-corrected chi connectivity index (χ1v) is 10.4. The highest BCUT2D eigenvalue weighted by molar-refractivity contribution is 7.17. The molecule has 4 rings (SSSR count). The second-order valence-corrected chi connectivity index (χ2v) is 9.20. The number of ether oxygens (including phenoxy) is 1. The topological polar surface area (TPSA) is 88.5 Å². The van der Waals surface area contributed by atoms with E-state index in [1.807, 2.05) is 45.0 Å². The molecular weight excluding hydrogens is 400 g/mol. The Labute approximate surface area is 178 Å². The number of hydrogen-bond donors (Lipinski definition) is 2. The third-order valence-corrected chi connectivity index (χ3v) is 6.04. The molecule has 0 fully saturated rings. The fraction of sp³-hybridized carbons (Fsp3) is 0.261. The summed E-state index contributed by atoms with van der Waals surface area (Å²) in [5.41, 5.74) is 4.55. The van der Waals surface area contributed by atoms with E-state index in [2.05, 4.69) is 34.6 Å². The van der Waals surface area contributed by atoms with Crippen LogP contribution in [0.2, 0.25) is 0 Å². The molecule has 0 unspecified atom stereocenters. The predicted octanol–water partition coefficient (Wildman–Crippen LogP) is 5.50. The number of carboxylic acid groups (broad SMARTS) is 1. The molecule has 2 aromatic carbocycles. The van der Waals surface area contributed by atoms with Crippen molar-refractivity contribution in [1.29, 1.82) is 0 Å². The molecule has 0 atom stereocenters. The van der Waals surface area contributed by atoms with Crippen LogP contribution >= 0.6 is 11.3 Å². The Morgan fingerprint density at radius 2 is 1.63 bits per heavy atom. The van der Waals surface area contributed by atoms with Crippen LogP contribution in [0, 0.1) is 0 Å². The zero-order valence-electron chi connectivity index (χ0n) is 16.9. The van der Waals surface area contributed by atoms with Gasteiger partial charge in [0, 0.05) is 11.3 Å². The van der Waals surface area contributed by atoms with Crippen molar-refractivity contribution in [2.24, 2.45) is 0 Å². The zero-order valence-corrected chi connectivity index (χ0v) is 17.7. The quantitative estimate of drug-likeness (QED) is 0.580. The minimum absolute atomic E-state index is 0.0424. The van der Waals surface area contributed by atoms with E-state index in [4.69, 9.17) is 4.74 Å². The first-order valence-electron chi connectivity index (χ1n) is 9.62. The maximum atomic E-state index is 12.4. The molecule has 30 heavy (non-hydrogen) atoms. The Morgan fingerprint density at radius 3 is 2.13 bits per heavy atom. The van der Waals surface area contributed by atoms with E-state index in [0.717, 1.165) is 33.6 Å². The van der Waals surface area contributed by atoms with Crippen molar-refractivity contribution in [2.45, 2.75) is 32.1 Å². The first kappa shape index (κ1) is 20.1. The molecule has 0 saturated heterocycles. The van der Waals surface area contributed by atoms with Crippen LogP contribution in [-0.4, -0.2) is 28.8 Å². The molecule has 0 bridgehead atoms. The Morgan fingerprint density at radius 1 is 1.07 bits per heavy atom. The Kier molecular flexibility index (Phi) is 5.07. The van der Waals surface area contributed by atoms with Crippen LogP contribution in [0.25, 0.3) is 11.1 Å². The van der Waals surface area contributed by atoms with Crippen LogP contribution in [0.1, 0.15) is 53.2 Å². The molecule has 3 aromatic rings. The average Bonchev–Trinajstić information content (AvgIpc) is 3.26. The predicted molar refractivity (Wildman–Crippen MR) is 116 cm³/mol. The maximum Gasteiger partial charge on any atom is 0.413 e. The zero-order chi connectivity index (χ0) is 21.5. The number of hydrogen-bond acceptors (Lipinski definition) is 5. The van der Waals surface area contributed by atoms with Crippen molar-refractivity contribution in [1.82, 2.24) is 4.98 Å². The van der Waals surface area contributed by atoms with Gasteiger partial charge in [0.25, 0.3) is 0 Å². The molecule has 0 aliphatic heterocycles. The molecule has 0 radical (unpaired) electrons. The summed E-state index contributed by atoms with van der Waals surface area (Å²) in [6.45, 7) is 5.83. The largest absolute Gasteiger partial charge is 0.477 e. The van der Waals surface area contributed by atoms with Crippen molar-refractivity contribution in [3.05, 3.63) is 70.2 Å². The van der Waals surface area contributed by atoms with E-state index < -0.39 is 17.5 Å². The number of carbonyl (C=O) groups is 2. The Bertz CT molecular complexity index is 1080. The molecule has 2 N–H and O–H groups in total. The molecule has 6 nitrogen and oxygen atoms in total. The lowest BCUT2D eigenvalue weighted by Gasteiger charge is -2.16. The van der Waals surface area contributed by atoms with Gasteiger partial charge in [0.1, 0.15) is 11.5 Å². The summed E-state index contributed by atoms with van der Waals surface area (Å²) in [5.74, 6) is -1.10. The summed E-state index contributed by atoms with van der Waals surface area (Å²) in [6.07, 6.45) is -0.650. The van der Waals surface area contributed by atoms with Gasteiger partial charge in [-0.15, -0.1) is 0 Å². The number of amides is 1. The van der Waals surface area contributed by atoms with E-state index in [9.17, 15) is 14.7 Å². The number of carbonyl (C=O) groups excluding carboxylic acids is 1. The molecule has 1 amide bonds. The van der Waals surface area contributed by atoms with Crippen LogP contribution in [0.5, 0.6) is 0 Å². The van der Waals surface area contributed by atoms with Gasteiger partial charge in [-0.25, -0.2) is 14.6 Å². The molecule has 1 aliphatic rings. The molecule has 1 aromatic heterocycles. The monoisotopic (exact) mass is 422 g/mol. The lowest BCUT2D eigenvalue weighted by molar-refractivity contribution is 0.0699. The number of rotatable bonds is 4. The normalized spacial score (nSPS) is 12.9. The highest BCUT2D eigenvalue weighted by Gasteiger charge is 2.30. The SMILES string of the molecule is CC(C)(C)c1nc(NC(=O)OCC2c3ccccc3-c3ccccc32)sc1C(=O)O. The summed E-state index contributed by atoms with van der Waals surface area (Å²) in [4.78, 5) is 28.4. The third kappa shape index (κ3) is 3.68. The lowest BCUT2D eigenvalue weighted by Crippen LogP contribution is -2.18. The van der Waals surface area contributed by atoms with E-state index in [-0.39, 0.29) is 22.5 Å². The van der Waals surface area contributed by atoms with Crippen LogP contribution in [-0.2, 0) is 10.2 Å². The van der Waals surface area contributed by atoms with E-state index in [0.29, 0.717) is 5.69 Å². The van der Waals surface area contributed by atoms with Gasteiger partial charge in [-0.1, -0.05) is 80.6 Å². The highest BCUT2D eigenvalue weighted by Crippen LogP contribution is 2.44. The maximum absolute atomic E-state index is 12.4.